The molecule has 1 aliphatic heterocycles. The molecule has 7 nitrogen and oxygen atoms in total. The number of phenolic OH excluding ortho intramolecular Hbond substituents is 1. The van der Waals surface area contributed by atoms with E-state index in [9.17, 15) is 19.5 Å². The Kier molecular flexibility index (Phi) is 7.87. The zero-order valence-corrected chi connectivity index (χ0v) is 18.6. The number of aromatic hydroxyl groups is 1. The topological polar surface area (TPSA) is 98.7 Å². The van der Waals surface area contributed by atoms with Gasteiger partial charge in [-0.05, 0) is 42.0 Å². The number of carbonyl (C=O) groups is 3. The first kappa shape index (κ1) is 23.3. The van der Waals surface area contributed by atoms with Gasteiger partial charge in [0.2, 0.25) is 5.91 Å². The first-order valence-corrected chi connectivity index (χ1v) is 11.0. The maximum Gasteiger partial charge on any atom is 0.312 e. The molecule has 0 spiro atoms. The van der Waals surface area contributed by atoms with Crippen LogP contribution in [0.4, 0.5) is 0 Å². The van der Waals surface area contributed by atoms with Crippen molar-refractivity contribution in [3.63, 3.8) is 0 Å². The Morgan fingerprint density at radius 3 is 2.44 bits per heavy atom. The van der Waals surface area contributed by atoms with Crippen molar-refractivity contribution >= 4 is 17.7 Å². The average Bonchev–Trinajstić information content (AvgIpc) is 2.75. The summed E-state index contributed by atoms with van der Waals surface area (Å²) in [4.78, 5) is 39.1. The Hall–Kier alpha value is -3.35. The summed E-state index contributed by atoms with van der Waals surface area (Å²) in [6.07, 6.45) is 1.47. The van der Waals surface area contributed by atoms with Crippen molar-refractivity contribution in [2.45, 2.75) is 45.2 Å². The molecule has 0 radical (unpaired) electrons. The fourth-order valence-electron chi connectivity index (χ4n) is 4.05. The number of rotatable bonds is 9. The molecule has 1 fully saturated rings. The minimum atomic E-state index is -0.607. The van der Waals surface area contributed by atoms with Crippen LogP contribution in [0.15, 0.2) is 54.6 Å². The Morgan fingerprint density at radius 1 is 1.09 bits per heavy atom. The van der Waals surface area contributed by atoms with E-state index in [1.807, 2.05) is 30.3 Å². The van der Waals surface area contributed by atoms with Crippen molar-refractivity contribution in [3.8, 4) is 5.75 Å². The maximum atomic E-state index is 12.8. The molecule has 0 saturated carbocycles. The largest absolute Gasteiger partial charge is 0.508 e. The summed E-state index contributed by atoms with van der Waals surface area (Å²) >= 11 is 0. The van der Waals surface area contributed by atoms with Crippen LogP contribution in [0.2, 0.25) is 0 Å². The fraction of sp³-hybridized carbons (Fsp3) is 0.400. The number of nitrogens with zero attached hydrogens (tertiary/aromatic N) is 1. The Morgan fingerprint density at radius 2 is 1.78 bits per heavy atom. The Bertz CT molecular complexity index is 928. The molecule has 32 heavy (non-hydrogen) atoms. The van der Waals surface area contributed by atoms with Gasteiger partial charge in [-0.15, -0.1) is 0 Å². The number of benzene rings is 2. The molecule has 0 aliphatic carbocycles. The molecule has 2 atom stereocenters. The van der Waals surface area contributed by atoms with Gasteiger partial charge in [0.1, 0.15) is 5.75 Å². The zero-order chi connectivity index (χ0) is 23.1. The van der Waals surface area contributed by atoms with Crippen LogP contribution < -0.4 is 10.6 Å². The van der Waals surface area contributed by atoms with E-state index in [1.165, 1.54) is 0 Å². The summed E-state index contributed by atoms with van der Waals surface area (Å²) in [5.74, 6) is -0.792. The second-order valence-corrected chi connectivity index (χ2v) is 8.75. The normalized spacial score (nSPS) is 17.2. The summed E-state index contributed by atoms with van der Waals surface area (Å²) < 4.78 is 0. The van der Waals surface area contributed by atoms with Gasteiger partial charge in [-0.3, -0.25) is 14.4 Å². The SMILES string of the molecule is CC(C)C[C@H]1CNC(=O)C(=O)N1C[C@H](Cc1ccc(O)cc1)NC(=O)Cc1ccccc1. The molecule has 7 heteroatoms. The van der Waals surface area contributed by atoms with Crippen molar-refractivity contribution in [2.24, 2.45) is 5.92 Å². The number of nitrogens with one attached hydrogen (secondary N) is 2. The highest BCUT2D eigenvalue weighted by Crippen LogP contribution is 2.17. The summed E-state index contributed by atoms with van der Waals surface area (Å²) in [5, 5.41) is 15.3. The standard InChI is InChI=1S/C25H31N3O4/c1-17(2)12-21-15-26-24(31)25(32)28(21)16-20(13-19-8-10-22(29)11-9-19)27-23(30)14-18-6-4-3-5-7-18/h3-11,17,20-21,29H,12-16H2,1-2H3,(H,26,31)(H,27,30)/t20-,21-/m0/s1. The third-order valence-corrected chi connectivity index (χ3v) is 5.55. The van der Waals surface area contributed by atoms with Gasteiger partial charge in [0.05, 0.1) is 12.5 Å². The molecule has 0 unspecified atom stereocenters. The molecule has 1 saturated heterocycles. The molecule has 0 bridgehead atoms. The highest BCUT2D eigenvalue weighted by atomic mass is 16.3. The van der Waals surface area contributed by atoms with Gasteiger partial charge in [-0.2, -0.15) is 0 Å². The minimum Gasteiger partial charge on any atom is -0.508 e. The van der Waals surface area contributed by atoms with E-state index in [0.29, 0.717) is 18.9 Å². The number of hydrogen-bond donors (Lipinski definition) is 3. The van der Waals surface area contributed by atoms with Gasteiger partial charge in [0, 0.05) is 19.1 Å². The lowest BCUT2D eigenvalue weighted by Gasteiger charge is -2.38. The van der Waals surface area contributed by atoms with Crippen LogP contribution in [-0.2, 0) is 27.2 Å². The smallest absolute Gasteiger partial charge is 0.312 e. The average molecular weight is 438 g/mol. The van der Waals surface area contributed by atoms with E-state index in [0.717, 1.165) is 17.5 Å². The van der Waals surface area contributed by atoms with E-state index in [4.69, 9.17) is 0 Å². The molecule has 1 aliphatic rings. The predicted molar refractivity (Wildman–Crippen MR) is 122 cm³/mol. The van der Waals surface area contributed by atoms with Crippen LogP contribution in [0.25, 0.3) is 0 Å². The van der Waals surface area contributed by atoms with Crippen LogP contribution in [0.3, 0.4) is 0 Å². The highest BCUT2D eigenvalue weighted by molar-refractivity contribution is 6.35. The Balaban J connectivity index is 1.77. The van der Waals surface area contributed by atoms with Crippen LogP contribution in [0.5, 0.6) is 5.75 Å². The lowest BCUT2D eigenvalue weighted by Crippen LogP contribution is -2.61. The fourth-order valence-corrected chi connectivity index (χ4v) is 4.05. The number of carbonyl (C=O) groups excluding carboxylic acids is 3. The van der Waals surface area contributed by atoms with Crippen LogP contribution in [-0.4, -0.2) is 52.9 Å². The predicted octanol–water partition coefficient (Wildman–Crippen LogP) is 2.04. The molecule has 3 N–H and O–H groups in total. The number of phenols is 1. The van der Waals surface area contributed by atoms with Crippen molar-refractivity contribution < 1.29 is 19.5 Å². The summed E-state index contributed by atoms with van der Waals surface area (Å²) in [6.45, 7) is 4.81. The van der Waals surface area contributed by atoms with Gasteiger partial charge < -0.3 is 20.6 Å². The third-order valence-electron chi connectivity index (χ3n) is 5.55. The van der Waals surface area contributed by atoms with Crippen LogP contribution >= 0.6 is 0 Å². The van der Waals surface area contributed by atoms with Crippen LogP contribution in [0.1, 0.15) is 31.4 Å². The molecule has 0 aromatic heterocycles. The molecule has 1 heterocycles. The monoisotopic (exact) mass is 437 g/mol. The third kappa shape index (κ3) is 6.57. The summed E-state index contributed by atoms with van der Waals surface area (Å²) in [6, 6.07) is 15.8. The summed E-state index contributed by atoms with van der Waals surface area (Å²) in [5.41, 5.74) is 1.82. The van der Waals surface area contributed by atoms with Gasteiger partial charge >= 0.3 is 11.8 Å². The van der Waals surface area contributed by atoms with E-state index >= 15 is 0 Å². The van der Waals surface area contributed by atoms with E-state index in [2.05, 4.69) is 24.5 Å². The first-order valence-electron chi connectivity index (χ1n) is 11.0. The Labute approximate surface area is 188 Å². The van der Waals surface area contributed by atoms with Gasteiger partial charge in [0.15, 0.2) is 0 Å². The molecular formula is C25H31N3O4. The quantitative estimate of drug-likeness (QED) is 0.523. The van der Waals surface area contributed by atoms with E-state index in [-0.39, 0.29) is 36.7 Å². The lowest BCUT2D eigenvalue weighted by atomic mass is 9.98. The molecule has 2 aromatic rings. The van der Waals surface area contributed by atoms with Gasteiger partial charge in [0.25, 0.3) is 0 Å². The zero-order valence-electron chi connectivity index (χ0n) is 18.6. The van der Waals surface area contributed by atoms with Gasteiger partial charge in [-0.25, -0.2) is 0 Å². The second kappa shape index (κ2) is 10.8. The van der Waals surface area contributed by atoms with Crippen molar-refractivity contribution in [1.29, 1.82) is 0 Å². The first-order chi connectivity index (χ1) is 15.3. The highest BCUT2D eigenvalue weighted by Gasteiger charge is 2.35. The van der Waals surface area contributed by atoms with Crippen molar-refractivity contribution in [1.82, 2.24) is 15.5 Å². The maximum absolute atomic E-state index is 12.8. The minimum absolute atomic E-state index is 0.117. The van der Waals surface area contributed by atoms with Crippen molar-refractivity contribution in [3.05, 3.63) is 65.7 Å². The molecule has 2 aromatic carbocycles. The number of piperazine rings is 1. The molecule has 3 amide bonds. The molecular weight excluding hydrogens is 406 g/mol. The van der Waals surface area contributed by atoms with Crippen molar-refractivity contribution in [2.75, 3.05) is 13.1 Å². The summed E-state index contributed by atoms with van der Waals surface area (Å²) in [7, 11) is 0. The number of amides is 3. The molecule has 170 valence electrons. The number of hydrogen-bond acceptors (Lipinski definition) is 4. The lowest BCUT2D eigenvalue weighted by molar-refractivity contribution is -0.151. The van der Waals surface area contributed by atoms with E-state index in [1.54, 1.807) is 29.2 Å². The molecule has 3 rings (SSSR count). The second-order valence-electron chi connectivity index (χ2n) is 8.75. The van der Waals surface area contributed by atoms with Gasteiger partial charge in [-0.1, -0.05) is 56.3 Å². The van der Waals surface area contributed by atoms with E-state index < -0.39 is 11.8 Å². The van der Waals surface area contributed by atoms with Crippen LogP contribution in [0, 0.1) is 5.92 Å².